The van der Waals surface area contributed by atoms with Crippen LogP contribution in [0, 0.1) is 0 Å². The van der Waals surface area contributed by atoms with Gasteiger partial charge >= 0.3 is 5.97 Å². The van der Waals surface area contributed by atoms with Crippen molar-refractivity contribution in [3.05, 3.63) is 52.5 Å². The second-order valence-electron chi connectivity index (χ2n) is 3.94. The van der Waals surface area contributed by atoms with Gasteiger partial charge in [0.1, 0.15) is 5.75 Å². The summed E-state index contributed by atoms with van der Waals surface area (Å²) in [6.07, 6.45) is 4.09. The molecule has 2 aromatic rings. The van der Waals surface area contributed by atoms with Gasteiger partial charge in [0, 0.05) is 18.0 Å². The van der Waals surface area contributed by atoms with Gasteiger partial charge in [0.05, 0.1) is 17.8 Å². The summed E-state index contributed by atoms with van der Waals surface area (Å²) in [4.78, 5) is 31.1. The van der Waals surface area contributed by atoms with E-state index in [1.165, 1.54) is 25.7 Å². The molecule has 0 radical (unpaired) electrons. The van der Waals surface area contributed by atoms with E-state index >= 15 is 0 Å². The summed E-state index contributed by atoms with van der Waals surface area (Å²) in [6, 6.07) is 4.86. The summed E-state index contributed by atoms with van der Waals surface area (Å²) >= 11 is 3.29. The third kappa shape index (κ3) is 3.85. The molecule has 0 spiro atoms. The zero-order chi connectivity index (χ0) is 15.2. The molecule has 2 rings (SSSR count). The number of hydrogen-bond donors (Lipinski definition) is 0. The molecular formula is C14H11BrN2O4. The minimum absolute atomic E-state index is 0.0567. The fourth-order valence-corrected chi connectivity index (χ4v) is 2.07. The van der Waals surface area contributed by atoms with Crippen LogP contribution < -0.4 is 4.74 Å². The second-order valence-corrected chi connectivity index (χ2v) is 4.79. The van der Waals surface area contributed by atoms with E-state index in [0.717, 1.165) is 0 Å². The summed E-state index contributed by atoms with van der Waals surface area (Å²) in [5.41, 5.74) is 0.468. The summed E-state index contributed by atoms with van der Waals surface area (Å²) in [5, 5.41) is 0. The molecule has 0 saturated carbocycles. The first kappa shape index (κ1) is 15.1. The molecule has 1 aromatic heterocycles. The van der Waals surface area contributed by atoms with E-state index in [0.29, 0.717) is 15.8 Å². The summed E-state index contributed by atoms with van der Waals surface area (Å²) < 4.78 is 10.6. The molecule has 0 atom stereocenters. The van der Waals surface area contributed by atoms with Gasteiger partial charge in [0.2, 0.25) is 0 Å². The molecule has 0 N–H and O–H groups in total. The zero-order valence-electron chi connectivity index (χ0n) is 11.1. The smallest absolute Gasteiger partial charge is 0.358 e. The van der Waals surface area contributed by atoms with Crippen LogP contribution in [0.4, 0.5) is 0 Å². The number of carbonyl (C=O) groups is 2. The van der Waals surface area contributed by atoms with Crippen molar-refractivity contribution in [2.45, 2.75) is 0 Å². The number of ketones is 1. The van der Waals surface area contributed by atoms with Gasteiger partial charge in [-0.15, -0.1) is 0 Å². The molecule has 6 nitrogen and oxygen atoms in total. The van der Waals surface area contributed by atoms with Crippen molar-refractivity contribution in [3.63, 3.8) is 0 Å². The minimum Gasteiger partial charge on any atom is -0.496 e. The molecule has 108 valence electrons. The van der Waals surface area contributed by atoms with Crippen LogP contribution in [-0.2, 0) is 4.74 Å². The first-order valence-corrected chi connectivity index (χ1v) is 6.71. The van der Waals surface area contributed by atoms with Crippen molar-refractivity contribution in [2.24, 2.45) is 0 Å². The Morgan fingerprint density at radius 2 is 2.10 bits per heavy atom. The standard InChI is InChI=1S/C14H11BrN2O4/c1-20-13-3-2-9(6-10(13)15)12(18)8-21-14(19)11-7-16-4-5-17-11/h2-7H,8H2,1H3. The number of aromatic nitrogens is 2. The van der Waals surface area contributed by atoms with Crippen LogP contribution in [0.2, 0.25) is 0 Å². The van der Waals surface area contributed by atoms with Crippen molar-refractivity contribution in [3.8, 4) is 5.75 Å². The molecule has 0 fully saturated rings. The molecule has 21 heavy (non-hydrogen) atoms. The maximum absolute atomic E-state index is 12.0. The molecule has 0 bridgehead atoms. The van der Waals surface area contributed by atoms with E-state index < -0.39 is 5.97 Å². The lowest BCUT2D eigenvalue weighted by molar-refractivity contribution is 0.0468. The van der Waals surface area contributed by atoms with Crippen molar-refractivity contribution in [1.82, 2.24) is 9.97 Å². The van der Waals surface area contributed by atoms with Crippen molar-refractivity contribution < 1.29 is 19.1 Å². The Morgan fingerprint density at radius 3 is 2.71 bits per heavy atom. The highest BCUT2D eigenvalue weighted by Gasteiger charge is 2.14. The maximum Gasteiger partial charge on any atom is 0.358 e. The number of esters is 1. The molecule has 7 heteroatoms. The third-order valence-corrected chi connectivity index (χ3v) is 3.20. The lowest BCUT2D eigenvalue weighted by atomic mass is 10.1. The molecule has 0 aliphatic carbocycles. The summed E-state index contributed by atoms with van der Waals surface area (Å²) in [6.45, 7) is -0.367. The van der Waals surface area contributed by atoms with E-state index in [1.54, 1.807) is 18.2 Å². The molecule has 1 aromatic carbocycles. The van der Waals surface area contributed by atoms with Gasteiger partial charge in [-0.05, 0) is 34.1 Å². The number of ether oxygens (including phenoxy) is 2. The SMILES string of the molecule is COc1ccc(C(=O)COC(=O)c2cnccn2)cc1Br. The molecule has 0 aliphatic rings. The predicted molar refractivity (Wildman–Crippen MR) is 77.3 cm³/mol. The molecule has 0 aliphatic heterocycles. The first-order valence-electron chi connectivity index (χ1n) is 5.91. The molecule has 1 heterocycles. The lowest BCUT2D eigenvalue weighted by Gasteiger charge is -2.06. The van der Waals surface area contributed by atoms with Crippen molar-refractivity contribution >= 4 is 27.7 Å². The molecule has 0 amide bonds. The second kappa shape index (κ2) is 6.94. The van der Waals surface area contributed by atoms with Crippen molar-refractivity contribution in [1.29, 1.82) is 0 Å². The Bertz CT molecular complexity index is 661. The molecule has 0 unspecified atom stereocenters. The Morgan fingerprint density at radius 1 is 1.29 bits per heavy atom. The summed E-state index contributed by atoms with van der Waals surface area (Å²) in [7, 11) is 1.53. The molecule has 0 saturated heterocycles. The highest BCUT2D eigenvalue weighted by molar-refractivity contribution is 9.10. The Balaban J connectivity index is 1.99. The summed E-state index contributed by atoms with van der Waals surface area (Å²) in [5.74, 6) is -0.400. The number of halogens is 1. The number of benzene rings is 1. The van der Waals surface area contributed by atoms with Crippen LogP contribution in [0.15, 0.2) is 41.3 Å². The Kier molecular flexibility index (Phi) is 4.99. The number of methoxy groups -OCH3 is 1. The van der Waals surface area contributed by atoms with Gasteiger partial charge in [-0.3, -0.25) is 9.78 Å². The van der Waals surface area contributed by atoms with Gasteiger partial charge in [-0.1, -0.05) is 0 Å². The van der Waals surface area contributed by atoms with Crippen LogP contribution in [0.25, 0.3) is 0 Å². The normalized spacial score (nSPS) is 10.0. The number of nitrogens with zero attached hydrogens (tertiary/aromatic N) is 2. The number of carbonyl (C=O) groups excluding carboxylic acids is 2. The van der Waals surface area contributed by atoms with Crippen LogP contribution in [0.1, 0.15) is 20.8 Å². The van der Waals surface area contributed by atoms with Gasteiger partial charge in [-0.25, -0.2) is 9.78 Å². The number of hydrogen-bond acceptors (Lipinski definition) is 6. The van der Waals surface area contributed by atoms with E-state index in [9.17, 15) is 9.59 Å². The number of Topliss-reactive ketones (excluding diaryl/α,β-unsaturated/α-hetero) is 1. The average molecular weight is 351 g/mol. The van der Waals surface area contributed by atoms with E-state index in [-0.39, 0.29) is 18.1 Å². The van der Waals surface area contributed by atoms with Crippen LogP contribution in [0.5, 0.6) is 5.75 Å². The van der Waals surface area contributed by atoms with E-state index in [2.05, 4.69) is 25.9 Å². The van der Waals surface area contributed by atoms with Crippen LogP contribution in [-0.4, -0.2) is 35.4 Å². The first-order chi connectivity index (χ1) is 10.1. The largest absolute Gasteiger partial charge is 0.496 e. The number of rotatable bonds is 5. The Labute approximate surface area is 129 Å². The zero-order valence-corrected chi connectivity index (χ0v) is 12.7. The minimum atomic E-state index is -0.691. The fraction of sp³-hybridized carbons (Fsp3) is 0.143. The van der Waals surface area contributed by atoms with Gasteiger partial charge in [0.15, 0.2) is 18.1 Å². The fourth-order valence-electron chi connectivity index (χ4n) is 1.53. The maximum atomic E-state index is 12.0. The van der Waals surface area contributed by atoms with Gasteiger partial charge in [0.25, 0.3) is 0 Å². The quantitative estimate of drug-likeness (QED) is 0.608. The van der Waals surface area contributed by atoms with E-state index in [1.807, 2.05) is 0 Å². The monoisotopic (exact) mass is 350 g/mol. The molecular weight excluding hydrogens is 340 g/mol. The van der Waals surface area contributed by atoms with Gasteiger partial charge < -0.3 is 9.47 Å². The topological polar surface area (TPSA) is 78.4 Å². The van der Waals surface area contributed by atoms with E-state index in [4.69, 9.17) is 9.47 Å². The highest BCUT2D eigenvalue weighted by Crippen LogP contribution is 2.25. The Hall–Kier alpha value is -2.28. The van der Waals surface area contributed by atoms with Gasteiger partial charge in [-0.2, -0.15) is 0 Å². The van der Waals surface area contributed by atoms with Crippen LogP contribution in [0.3, 0.4) is 0 Å². The van der Waals surface area contributed by atoms with Crippen LogP contribution >= 0.6 is 15.9 Å². The van der Waals surface area contributed by atoms with Crippen molar-refractivity contribution in [2.75, 3.05) is 13.7 Å². The highest BCUT2D eigenvalue weighted by atomic mass is 79.9. The third-order valence-electron chi connectivity index (χ3n) is 2.58. The lowest BCUT2D eigenvalue weighted by Crippen LogP contribution is -2.15. The average Bonchev–Trinajstić information content (AvgIpc) is 2.53. The predicted octanol–water partition coefficient (Wildman–Crippen LogP) is 2.29.